The van der Waals surface area contributed by atoms with Crippen LogP contribution in [0.25, 0.3) is 11.0 Å². The summed E-state index contributed by atoms with van der Waals surface area (Å²) in [7, 11) is -2.16. The van der Waals surface area contributed by atoms with Crippen molar-refractivity contribution in [3.8, 4) is 0 Å². The van der Waals surface area contributed by atoms with Crippen LogP contribution in [0.5, 0.6) is 0 Å². The van der Waals surface area contributed by atoms with E-state index in [-0.39, 0.29) is 35.7 Å². The Morgan fingerprint density at radius 2 is 1.85 bits per heavy atom. The third-order valence-corrected chi connectivity index (χ3v) is 9.82. The lowest BCUT2D eigenvalue weighted by atomic mass is 9.94. The normalized spacial score (nSPS) is 21.8. The maximum absolute atomic E-state index is 13.8. The SMILES string of the molecule is COCCCn1c([C@@H]2CCCN(C(=O)[C@@H]3CN(S(=O)(=O)c4ccc(NC(C)=O)cc4)C[C@H]3N)C2)nc2ccccc21. The van der Waals surface area contributed by atoms with Crippen molar-refractivity contribution < 1.29 is 22.7 Å². The highest BCUT2D eigenvalue weighted by Crippen LogP contribution is 2.32. The maximum Gasteiger partial charge on any atom is 0.243 e. The summed E-state index contributed by atoms with van der Waals surface area (Å²) in [4.78, 5) is 31.9. The van der Waals surface area contributed by atoms with Gasteiger partial charge in [-0.1, -0.05) is 12.1 Å². The van der Waals surface area contributed by atoms with E-state index in [1.807, 2.05) is 23.1 Å². The number of anilines is 1. The molecular formula is C29H38N6O5S. The van der Waals surface area contributed by atoms with Crippen LogP contribution in [0.2, 0.25) is 0 Å². The van der Waals surface area contributed by atoms with Crippen molar-refractivity contribution in [2.24, 2.45) is 11.7 Å². The van der Waals surface area contributed by atoms with Crippen LogP contribution in [0.1, 0.15) is 37.9 Å². The zero-order valence-electron chi connectivity index (χ0n) is 23.5. The van der Waals surface area contributed by atoms with Gasteiger partial charge in [-0.3, -0.25) is 9.59 Å². The minimum absolute atomic E-state index is 0.0342. The lowest BCUT2D eigenvalue weighted by Gasteiger charge is -2.35. The number of nitrogens with zero attached hydrogens (tertiary/aromatic N) is 4. The molecule has 2 aliphatic heterocycles. The average Bonchev–Trinajstić information content (AvgIpc) is 3.54. The number of aromatic nitrogens is 2. The summed E-state index contributed by atoms with van der Waals surface area (Å²) in [6, 6.07) is 13.5. The molecule has 3 atom stereocenters. The Kier molecular flexibility index (Phi) is 8.74. The first-order valence-corrected chi connectivity index (χ1v) is 15.5. The number of ether oxygens (including phenoxy) is 1. The van der Waals surface area contributed by atoms with E-state index in [1.54, 1.807) is 19.2 Å². The first-order chi connectivity index (χ1) is 19.7. The van der Waals surface area contributed by atoms with Crippen molar-refractivity contribution in [2.45, 2.75) is 49.6 Å². The maximum atomic E-state index is 13.8. The summed E-state index contributed by atoms with van der Waals surface area (Å²) >= 11 is 0. The van der Waals surface area contributed by atoms with Gasteiger partial charge in [-0.15, -0.1) is 0 Å². The number of imidazole rings is 1. The number of hydrogen-bond donors (Lipinski definition) is 2. The van der Waals surface area contributed by atoms with Gasteiger partial charge >= 0.3 is 0 Å². The molecule has 0 unspecified atom stereocenters. The number of likely N-dealkylation sites (tertiary alicyclic amines) is 1. The number of methoxy groups -OCH3 is 1. The molecule has 1 aromatic heterocycles. The standard InChI is InChI=1S/C29H38N6O5S/c1-20(36)31-22-10-12-23(13-11-22)41(38,39)34-18-24(25(30)19-34)29(37)33-14-5-7-21(17-33)28-32-26-8-3-4-9-27(26)35(28)15-6-16-40-2/h3-4,8-13,21,24-25H,5-7,14-19,30H2,1-2H3,(H,31,36)/t21-,24-,25-/m1/s1. The fourth-order valence-electron chi connectivity index (χ4n) is 5.94. The summed E-state index contributed by atoms with van der Waals surface area (Å²) < 4.78 is 35.5. The number of aryl methyl sites for hydroxylation is 1. The number of para-hydroxylation sites is 2. The van der Waals surface area contributed by atoms with Crippen molar-refractivity contribution >= 4 is 38.6 Å². The second-order valence-electron chi connectivity index (χ2n) is 10.9. The summed E-state index contributed by atoms with van der Waals surface area (Å²) in [6.07, 6.45) is 2.61. The van der Waals surface area contributed by atoms with Crippen LogP contribution >= 0.6 is 0 Å². The molecule has 2 aromatic carbocycles. The Bertz CT molecular complexity index is 1510. The Balaban J connectivity index is 1.30. The van der Waals surface area contributed by atoms with Crippen LogP contribution in [-0.2, 0) is 30.9 Å². The number of fused-ring (bicyclic) bond motifs is 1. The van der Waals surface area contributed by atoms with Gasteiger partial charge in [0, 0.05) is 71.0 Å². The topological polar surface area (TPSA) is 140 Å². The first-order valence-electron chi connectivity index (χ1n) is 14.1. The zero-order chi connectivity index (χ0) is 29.1. The van der Waals surface area contributed by atoms with Crippen LogP contribution < -0.4 is 11.1 Å². The van der Waals surface area contributed by atoms with Gasteiger partial charge in [0.25, 0.3) is 0 Å². The second-order valence-corrected chi connectivity index (χ2v) is 12.8. The highest BCUT2D eigenvalue weighted by atomic mass is 32.2. The van der Waals surface area contributed by atoms with Crippen LogP contribution in [0.4, 0.5) is 5.69 Å². The number of carbonyl (C=O) groups is 2. The highest BCUT2D eigenvalue weighted by molar-refractivity contribution is 7.89. The van der Waals surface area contributed by atoms with E-state index in [4.69, 9.17) is 15.5 Å². The number of sulfonamides is 1. The molecule has 0 aliphatic carbocycles. The molecular weight excluding hydrogens is 544 g/mol. The van der Waals surface area contributed by atoms with E-state index >= 15 is 0 Å². The first kappa shape index (κ1) is 29.2. The van der Waals surface area contributed by atoms with Crippen molar-refractivity contribution in [1.29, 1.82) is 0 Å². The van der Waals surface area contributed by atoms with Gasteiger partial charge < -0.3 is 25.3 Å². The second kappa shape index (κ2) is 12.3. The highest BCUT2D eigenvalue weighted by Gasteiger charge is 2.43. The van der Waals surface area contributed by atoms with Gasteiger partial charge in [-0.2, -0.15) is 4.31 Å². The summed E-state index contributed by atoms with van der Waals surface area (Å²) in [5, 5.41) is 2.63. The predicted molar refractivity (Wildman–Crippen MR) is 156 cm³/mol. The number of amides is 2. The Morgan fingerprint density at radius 1 is 1.10 bits per heavy atom. The fraction of sp³-hybridized carbons (Fsp3) is 0.483. The molecule has 0 saturated carbocycles. The molecule has 220 valence electrons. The van der Waals surface area contributed by atoms with E-state index in [0.717, 1.165) is 42.7 Å². The number of rotatable bonds is 9. The largest absolute Gasteiger partial charge is 0.385 e. The molecule has 5 rings (SSSR count). The van der Waals surface area contributed by atoms with Crippen molar-refractivity contribution in [3.05, 3.63) is 54.4 Å². The molecule has 3 aromatic rings. The molecule has 0 spiro atoms. The van der Waals surface area contributed by atoms with E-state index < -0.39 is 22.0 Å². The zero-order valence-corrected chi connectivity index (χ0v) is 24.3. The monoisotopic (exact) mass is 582 g/mol. The molecule has 3 N–H and O–H groups in total. The van der Waals surface area contributed by atoms with Gasteiger partial charge in [-0.25, -0.2) is 13.4 Å². The van der Waals surface area contributed by atoms with Crippen LogP contribution in [0, 0.1) is 5.92 Å². The fourth-order valence-corrected chi connectivity index (χ4v) is 7.45. The third-order valence-electron chi connectivity index (χ3n) is 7.97. The number of hydrogen-bond acceptors (Lipinski definition) is 7. The molecule has 12 heteroatoms. The number of nitrogens with one attached hydrogen (secondary N) is 1. The van der Waals surface area contributed by atoms with Crippen molar-refractivity contribution in [2.75, 3.05) is 45.2 Å². The van der Waals surface area contributed by atoms with E-state index in [1.165, 1.54) is 23.4 Å². The smallest absolute Gasteiger partial charge is 0.243 e. The summed E-state index contributed by atoms with van der Waals surface area (Å²) in [5.74, 6) is 0.0751. The number of nitrogens with two attached hydrogens (primary N) is 1. The number of benzene rings is 2. The predicted octanol–water partition coefficient (Wildman–Crippen LogP) is 2.39. The number of piperidine rings is 1. The quantitative estimate of drug-likeness (QED) is 0.369. The molecule has 0 bridgehead atoms. The Labute approximate surface area is 240 Å². The molecule has 2 aliphatic rings. The summed E-state index contributed by atoms with van der Waals surface area (Å²) in [6.45, 7) is 4.05. The van der Waals surface area contributed by atoms with Gasteiger partial charge in [0.05, 0.1) is 21.8 Å². The Morgan fingerprint density at radius 3 is 2.59 bits per heavy atom. The van der Waals surface area contributed by atoms with Crippen LogP contribution in [0.3, 0.4) is 0 Å². The average molecular weight is 583 g/mol. The minimum atomic E-state index is -3.85. The molecule has 3 heterocycles. The van der Waals surface area contributed by atoms with Crippen molar-refractivity contribution in [1.82, 2.24) is 18.8 Å². The molecule has 2 fully saturated rings. The van der Waals surface area contributed by atoms with Crippen LogP contribution in [0.15, 0.2) is 53.4 Å². The third kappa shape index (κ3) is 6.15. The van der Waals surface area contributed by atoms with Gasteiger partial charge in [0.2, 0.25) is 21.8 Å². The van der Waals surface area contributed by atoms with E-state index in [0.29, 0.717) is 25.4 Å². The van der Waals surface area contributed by atoms with Gasteiger partial charge in [0.15, 0.2) is 0 Å². The minimum Gasteiger partial charge on any atom is -0.385 e. The molecule has 0 radical (unpaired) electrons. The molecule has 11 nitrogen and oxygen atoms in total. The molecule has 2 saturated heterocycles. The van der Waals surface area contributed by atoms with Crippen molar-refractivity contribution in [3.63, 3.8) is 0 Å². The Hall–Kier alpha value is -3.32. The lowest BCUT2D eigenvalue weighted by Crippen LogP contribution is -2.47. The van der Waals surface area contributed by atoms with Gasteiger partial charge in [-0.05, 0) is 55.7 Å². The molecule has 41 heavy (non-hydrogen) atoms. The van der Waals surface area contributed by atoms with Crippen LogP contribution in [-0.4, -0.2) is 84.9 Å². The number of carbonyl (C=O) groups excluding carboxylic acids is 2. The lowest BCUT2D eigenvalue weighted by molar-refractivity contribution is -0.136. The van der Waals surface area contributed by atoms with E-state index in [9.17, 15) is 18.0 Å². The van der Waals surface area contributed by atoms with Gasteiger partial charge in [0.1, 0.15) is 5.82 Å². The molecule has 2 amide bonds. The van der Waals surface area contributed by atoms with E-state index in [2.05, 4.69) is 16.0 Å². The summed E-state index contributed by atoms with van der Waals surface area (Å²) in [5.41, 5.74) is 8.91.